The van der Waals surface area contributed by atoms with E-state index in [-0.39, 0.29) is 10.8 Å². The Balaban J connectivity index is 1.54. The van der Waals surface area contributed by atoms with Crippen molar-refractivity contribution in [2.75, 3.05) is 0 Å². The maximum Gasteiger partial charge on any atom is 0.101 e. The van der Waals surface area contributed by atoms with Crippen LogP contribution in [0.1, 0.15) is 63.8 Å². The van der Waals surface area contributed by atoms with Gasteiger partial charge < -0.3 is 9.13 Å². The van der Waals surface area contributed by atoms with Crippen LogP contribution >= 0.6 is 0 Å². The summed E-state index contributed by atoms with van der Waals surface area (Å²) in [7, 11) is 0. The summed E-state index contributed by atoms with van der Waals surface area (Å²) in [6, 6.07) is 47.5. The highest BCUT2D eigenvalue weighted by atomic mass is 15.0. The van der Waals surface area contributed by atoms with Gasteiger partial charge in [-0.3, -0.25) is 0 Å². The molecule has 0 aliphatic rings. The first-order valence-corrected chi connectivity index (χ1v) is 17.1. The zero-order valence-corrected chi connectivity index (χ0v) is 29.3. The average molecular weight is 647 g/mol. The normalized spacial score (nSPS) is 12.2. The highest BCUT2D eigenvalue weighted by Gasteiger charge is 2.23. The Morgan fingerprint density at radius 1 is 0.460 bits per heavy atom. The number of nitriles is 2. The Morgan fingerprint density at radius 3 is 1.64 bits per heavy atom. The molecule has 4 nitrogen and oxygen atoms in total. The van der Waals surface area contributed by atoms with Crippen LogP contribution in [0, 0.1) is 22.7 Å². The van der Waals surface area contributed by atoms with E-state index in [0.717, 1.165) is 55.3 Å². The molecule has 0 fully saturated rings. The Labute approximate surface area is 293 Å². The van der Waals surface area contributed by atoms with E-state index < -0.39 is 0 Å². The fourth-order valence-electron chi connectivity index (χ4n) is 7.41. The fourth-order valence-corrected chi connectivity index (χ4v) is 7.41. The Hall–Kier alpha value is -6.10. The van der Waals surface area contributed by atoms with Crippen LogP contribution in [-0.4, -0.2) is 9.13 Å². The fraction of sp³-hybridized carbons (Fsp3) is 0.174. The van der Waals surface area contributed by atoms with Gasteiger partial charge in [0.05, 0.1) is 33.2 Å². The summed E-state index contributed by atoms with van der Waals surface area (Å²) >= 11 is 0. The molecule has 6 aromatic carbocycles. The number of hydrogen-bond donors (Lipinski definition) is 0. The largest absolute Gasteiger partial charge is 0.309 e. The predicted octanol–water partition coefficient (Wildman–Crippen LogP) is 11.9. The molecule has 0 bridgehead atoms. The molecule has 2 heterocycles. The second-order valence-electron chi connectivity index (χ2n) is 15.4. The van der Waals surface area contributed by atoms with Gasteiger partial charge >= 0.3 is 0 Å². The van der Waals surface area contributed by atoms with E-state index in [4.69, 9.17) is 0 Å². The SMILES string of the molecule is CC(C)(C)c1ccc2c(c1)c1cc(C(C)(C)C)ccc1n2-c1cc(-c2ccc(C#N)c(C#N)c2)c2c(c1)c1ccccc1n2-c1ccccc1. The summed E-state index contributed by atoms with van der Waals surface area (Å²) in [6.07, 6.45) is 0. The van der Waals surface area contributed by atoms with Gasteiger partial charge in [0.15, 0.2) is 0 Å². The Kier molecular flexibility index (Phi) is 7.00. The number of nitrogens with zero attached hydrogens (tertiary/aromatic N) is 4. The van der Waals surface area contributed by atoms with E-state index in [1.165, 1.54) is 21.9 Å². The lowest BCUT2D eigenvalue weighted by molar-refractivity contribution is 0.590. The molecule has 242 valence electrons. The van der Waals surface area contributed by atoms with Crippen molar-refractivity contribution < 1.29 is 0 Å². The van der Waals surface area contributed by atoms with Gasteiger partial charge in [0.1, 0.15) is 12.1 Å². The lowest BCUT2D eigenvalue weighted by Crippen LogP contribution is -2.10. The minimum absolute atomic E-state index is 0.00361. The van der Waals surface area contributed by atoms with Crippen molar-refractivity contribution in [2.45, 2.75) is 52.4 Å². The first-order chi connectivity index (χ1) is 24.0. The summed E-state index contributed by atoms with van der Waals surface area (Å²) in [5.41, 5.74) is 11.8. The topological polar surface area (TPSA) is 57.4 Å². The molecule has 2 aromatic heterocycles. The summed E-state index contributed by atoms with van der Waals surface area (Å²) in [5.74, 6) is 0. The van der Waals surface area contributed by atoms with Gasteiger partial charge in [-0.1, -0.05) is 96.1 Å². The Bertz CT molecular complexity index is 2660. The molecule has 0 radical (unpaired) electrons. The molecule has 0 unspecified atom stereocenters. The van der Waals surface area contributed by atoms with Crippen LogP contribution in [0.2, 0.25) is 0 Å². The van der Waals surface area contributed by atoms with Crippen LogP contribution in [0.15, 0.2) is 121 Å². The predicted molar refractivity (Wildman–Crippen MR) is 207 cm³/mol. The van der Waals surface area contributed by atoms with Gasteiger partial charge in [0, 0.05) is 38.5 Å². The van der Waals surface area contributed by atoms with E-state index in [1.807, 2.05) is 18.2 Å². The zero-order valence-electron chi connectivity index (χ0n) is 29.3. The third-order valence-corrected chi connectivity index (χ3v) is 10.1. The van der Waals surface area contributed by atoms with E-state index in [2.05, 4.69) is 160 Å². The molecule has 0 saturated heterocycles. The third-order valence-electron chi connectivity index (χ3n) is 10.1. The van der Waals surface area contributed by atoms with Crippen molar-refractivity contribution in [3.63, 3.8) is 0 Å². The van der Waals surface area contributed by atoms with Crippen LogP contribution in [0.5, 0.6) is 0 Å². The Morgan fingerprint density at radius 2 is 1.04 bits per heavy atom. The van der Waals surface area contributed by atoms with Crippen molar-refractivity contribution in [2.24, 2.45) is 0 Å². The van der Waals surface area contributed by atoms with Gasteiger partial charge in [-0.2, -0.15) is 10.5 Å². The molecule has 0 N–H and O–H groups in total. The standard InChI is InChI=1S/C46H38N4/c1-45(2,3)32-18-20-42-38(23-32)39-24-33(46(4,5)6)19-21-43(39)49(42)35-25-37(29-16-17-30(27-47)31(22-29)28-48)44-40(26-35)36-14-10-11-15-41(36)50(44)34-12-8-7-9-13-34/h7-26H,1-6H3. The second kappa shape index (κ2) is 11.2. The van der Waals surface area contributed by atoms with Gasteiger partial charge in [0.25, 0.3) is 0 Å². The second-order valence-corrected chi connectivity index (χ2v) is 15.4. The monoisotopic (exact) mass is 646 g/mol. The number of fused-ring (bicyclic) bond motifs is 6. The van der Waals surface area contributed by atoms with E-state index in [9.17, 15) is 10.5 Å². The lowest BCUT2D eigenvalue weighted by Gasteiger charge is -2.19. The molecular weight excluding hydrogens is 609 g/mol. The van der Waals surface area contributed by atoms with Gasteiger partial charge in [0.2, 0.25) is 0 Å². The van der Waals surface area contributed by atoms with Crippen molar-refractivity contribution in [1.29, 1.82) is 10.5 Å². The first kappa shape index (κ1) is 31.2. The average Bonchev–Trinajstić information content (AvgIpc) is 3.62. The number of rotatable bonds is 3. The molecule has 8 rings (SSSR count). The van der Waals surface area contributed by atoms with Crippen molar-refractivity contribution >= 4 is 43.6 Å². The summed E-state index contributed by atoms with van der Waals surface area (Å²) in [4.78, 5) is 0. The maximum atomic E-state index is 10.1. The molecule has 0 aliphatic carbocycles. The van der Waals surface area contributed by atoms with Crippen LogP contribution in [0.25, 0.3) is 66.1 Å². The molecule has 4 heteroatoms. The highest BCUT2D eigenvalue weighted by Crippen LogP contribution is 2.43. The van der Waals surface area contributed by atoms with E-state index in [1.54, 1.807) is 6.07 Å². The quantitative estimate of drug-likeness (QED) is 0.192. The smallest absolute Gasteiger partial charge is 0.101 e. The molecule has 0 spiro atoms. The van der Waals surface area contributed by atoms with Crippen molar-refractivity contribution in [1.82, 2.24) is 9.13 Å². The van der Waals surface area contributed by atoms with Crippen molar-refractivity contribution in [3.8, 4) is 34.6 Å². The molecule has 0 saturated carbocycles. The summed E-state index contributed by atoms with van der Waals surface area (Å²) in [5, 5.41) is 24.6. The minimum atomic E-state index is 0.00361. The van der Waals surface area contributed by atoms with Crippen LogP contribution < -0.4 is 0 Å². The molecule has 0 atom stereocenters. The van der Waals surface area contributed by atoms with E-state index in [0.29, 0.717) is 11.1 Å². The number of hydrogen-bond acceptors (Lipinski definition) is 2. The summed E-state index contributed by atoms with van der Waals surface area (Å²) in [6.45, 7) is 13.6. The minimum Gasteiger partial charge on any atom is -0.309 e. The van der Waals surface area contributed by atoms with Crippen LogP contribution in [0.4, 0.5) is 0 Å². The molecule has 50 heavy (non-hydrogen) atoms. The third kappa shape index (κ3) is 4.88. The van der Waals surface area contributed by atoms with Crippen LogP contribution in [0.3, 0.4) is 0 Å². The van der Waals surface area contributed by atoms with Gasteiger partial charge in [-0.05, 0) is 94.3 Å². The summed E-state index contributed by atoms with van der Waals surface area (Å²) < 4.78 is 4.72. The van der Waals surface area contributed by atoms with E-state index >= 15 is 0 Å². The molecular formula is C46H38N4. The van der Waals surface area contributed by atoms with Crippen molar-refractivity contribution in [3.05, 3.63) is 144 Å². The van der Waals surface area contributed by atoms with Gasteiger partial charge in [-0.25, -0.2) is 0 Å². The number of aromatic nitrogens is 2. The number of benzene rings is 6. The molecule has 0 amide bonds. The van der Waals surface area contributed by atoms with Crippen LogP contribution in [-0.2, 0) is 10.8 Å². The first-order valence-electron chi connectivity index (χ1n) is 17.1. The lowest BCUT2D eigenvalue weighted by atomic mass is 9.85. The highest BCUT2D eigenvalue weighted by molar-refractivity contribution is 6.16. The van der Waals surface area contributed by atoms with Gasteiger partial charge in [-0.15, -0.1) is 0 Å². The zero-order chi connectivity index (χ0) is 34.9. The maximum absolute atomic E-state index is 10.1. The molecule has 0 aliphatic heterocycles. The number of para-hydroxylation sites is 2. The molecule has 8 aromatic rings.